The van der Waals surface area contributed by atoms with E-state index >= 15 is 0 Å². The smallest absolute Gasteiger partial charge is 0.357 e. The van der Waals surface area contributed by atoms with Crippen molar-refractivity contribution in [1.29, 1.82) is 0 Å². The standard InChI is InChI=1S/C28H36F12O3/c1-7-17(5)18-11-19(23(41-6,25(29,30)31)26(32,33)34)13-20(12-18)24(27(35,36)37,28(38,39)40)43-14-42-22-10-16(4)8-9-21(22)15(2)3/h11-13,15-17,21-22H,7-10,14H2,1-6H3/t16-,17?,21-,22?/m1/s1. The highest BCUT2D eigenvalue weighted by molar-refractivity contribution is 5.42. The molecule has 1 aromatic rings. The van der Waals surface area contributed by atoms with Gasteiger partial charge < -0.3 is 14.2 Å². The van der Waals surface area contributed by atoms with E-state index in [2.05, 4.69) is 9.47 Å². The molecule has 0 aromatic heterocycles. The Hall–Kier alpha value is -1.74. The number of halogens is 12. The molecule has 1 aliphatic rings. The molecule has 1 aromatic carbocycles. The third-order valence-electron chi connectivity index (χ3n) is 8.37. The van der Waals surface area contributed by atoms with Crippen LogP contribution < -0.4 is 0 Å². The quantitative estimate of drug-likeness (QED) is 0.187. The van der Waals surface area contributed by atoms with Gasteiger partial charge in [0.05, 0.1) is 6.10 Å². The molecule has 0 amide bonds. The summed E-state index contributed by atoms with van der Waals surface area (Å²) in [4.78, 5) is 0. The molecule has 0 saturated heterocycles. The van der Waals surface area contributed by atoms with Gasteiger partial charge in [-0.15, -0.1) is 0 Å². The van der Waals surface area contributed by atoms with Gasteiger partial charge in [-0.3, -0.25) is 0 Å². The summed E-state index contributed by atoms with van der Waals surface area (Å²) < 4.78 is 186. The second kappa shape index (κ2) is 12.9. The largest absolute Gasteiger partial charge is 0.430 e. The van der Waals surface area contributed by atoms with Crippen LogP contribution >= 0.6 is 0 Å². The molecule has 0 spiro atoms. The summed E-state index contributed by atoms with van der Waals surface area (Å²) in [5.41, 5.74) is -15.3. The van der Waals surface area contributed by atoms with E-state index in [0.29, 0.717) is 12.8 Å². The highest BCUT2D eigenvalue weighted by Gasteiger charge is 2.76. The van der Waals surface area contributed by atoms with Crippen molar-refractivity contribution in [3.63, 3.8) is 0 Å². The number of alkyl halides is 12. The van der Waals surface area contributed by atoms with Crippen molar-refractivity contribution >= 4 is 0 Å². The highest BCUT2D eigenvalue weighted by atomic mass is 19.4. The van der Waals surface area contributed by atoms with Gasteiger partial charge in [0.25, 0.3) is 11.2 Å². The Labute approximate surface area is 242 Å². The molecule has 250 valence electrons. The highest BCUT2D eigenvalue weighted by Crippen LogP contribution is 2.57. The first-order valence-electron chi connectivity index (χ1n) is 13.6. The monoisotopic (exact) mass is 648 g/mol. The molecule has 0 N–H and O–H groups in total. The van der Waals surface area contributed by atoms with Gasteiger partial charge >= 0.3 is 24.7 Å². The van der Waals surface area contributed by atoms with E-state index in [0.717, 1.165) is 6.42 Å². The van der Waals surface area contributed by atoms with E-state index in [1.807, 2.05) is 6.92 Å². The third-order valence-corrected chi connectivity index (χ3v) is 8.37. The predicted molar refractivity (Wildman–Crippen MR) is 132 cm³/mol. The third kappa shape index (κ3) is 7.08. The van der Waals surface area contributed by atoms with E-state index in [9.17, 15) is 52.7 Å². The Balaban J connectivity index is 2.86. The minimum absolute atomic E-state index is 0.0119. The summed E-state index contributed by atoms with van der Waals surface area (Å²) in [5.74, 6) is -1.29. The zero-order valence-corrected chi connectivity index (χ0v) is 24.4. The Morgan fingerprint density at radius 2 is 1.21 bits per heavy atom. The van der Waals surface area contributed by atoms with Crippen LogP contribution in [0.4, 0.5) is 52.7 Å². The molecular weight excluding hydrogens is 612 g/mol. The van der Waals surface area contributed by atoms with Crippen molar-refractivity contribution < 1.29 is 66.9 Å². The average molecular weight is 649 g/mol. The summed E-state index contributed by atoms with van der Waals surface area (Å²) in [6.07, 6.45) is -24.7. The number of methoxy groups -OCH3 is 1. The molecule has 3 nitrogen and oxygen atoms in total. The van der Waals surface area contributed by atoms with Crippen molar-refractivity contribution in [2.24, 2.45) is 17.8 Å². The van der Waals surface area contributed by atoms with Crippen LogP contribution in [-0.2, 0) is 25.4 Å². The molecule has 43 heavy (non-hydrogen) atoms. The van der Waals surface area contributed by atoms with E-state index in [-0.39, 0.29) is 43.4 Å². The van der Waals surface area contributed by atoms with Crippen molar-refractivity contribution in [2.75, 3.05) is 13.9 Å². The van der Waals surface area contributed by atoms with Gasteiger partial charge in [0, 0.05) is 18.2 Å². The summed E-state index contributed by atoms with van der Waals surface area (Å²) in [5, 5.41) is 0. The van der Waals surface area contributed by atoms with Gasteiger partial charge in [-0.1, -0.05) is 53.2 Å². The molecule has 2 unspecified atom stereocenters. The van der Waals surface area contributed by atoms with Crippen LogP contribution in [-0.4, -0.2) is 44.7 Å². The number of rotatable bonds is 10. The van der Waals surface area contributed by atoms with Gasteiger partial charge in [-0.25, -0.2) is 0 Å². The Kier molecular flexibility index (Phi) is 11.3. The molecule has 0 aliphatic heterocycles. The topological polar surface area (TPSA) is 27.7 Å². The molecule has 0 heterocycles. The van der Waals surface area contributed by atoms with Crippen molar-refractivity contribution in [1.82, 2.24) is 0 Å². The van der Waals surface area contributed by atoms with Crippen molar-refractivity contribution in [2.45, 2.75) is 108 Å². The van der Waals surface area contributed by atoms with Gasteiger partial charge in [0.2, 0.25) is 0 Å². The average Bonchev–Trinajstić information content (AvgIpc) is 2.83. The van der Waals surface area contributed by atoms with Gasteiger partial charge in [-0.2, -0.15) is 52.7 Å². The second-order valence-electron chi connectivity index (χ2n) is 11.5. The van der Waals surface area contributed by atoms with Crippen LogP contribution in [0.1, 0.15) is 82.9 Å². The molecule has 0 radical (unpaired) electrons. The lowest BCUT2D eigenvalue weighted by Gasteiger charge is -2.41. The van der Waals surface area contributed by atoms with Gasteiger partial charge in [0.15, 0.2) is 0 Å². The van der Waals surface area contributed by atoms with Crippen LogP contribution in [0.15, 0.2) is 18.2 Å². The molecule has 1 saturated carbocycles. The van der Waals surface area contributed by atoms with Crippen LogP contribution in [0, 0.1) is 17.8 Å². The van der Waals surface area contributed by atoms with E-state index < -0.39 is 77.5 Å². The van der Waals surface area contributed by atoms with E-state index in [4.69, 9.17) is 4.74 Å². The first-order valence-corrected chi connectivity index (χ1v) is 13.6. The first kappa shape index (κ1) is 37.4. The Morgan fingerprint density at radius 3 is 1.60 bits per heavy atom. The minimum atomic E-state index is -6.40. The summed E-state index contributed by atoms with van der Waals surface area (Å²) >= 11 is 0. The van der Waals surface area contributed by atoms with Crippen LogP contribution in [0.25, 0.3) is 0 Å². The molecular formula is C28H36F12O3. The van der Waals surface area contributed by atoms with Gasteiger partial charge in [0.1, 0.15) is 6.79 Å². The summed E-state index contributed by atoms with van der Waals surface area (Å²) in [6, 6.07) is 0.0785. The maximum Gasteiger partial charge on any atom is 0.430 e. The SMILES string of the molecule is CCC(C)c1cc(C(OC)(C(F)(F)F)C(F)(F)F)cc(C(OCOC2C[C@H](C)CC[C@@H]2C(C)C)(C(F)(F)F)C(F)(F)F)c1. The number of benzene rings is 1. The lowest BCUT2D eigenvalue weighted by Crippen LogP contribution is -2.58. The number of hydrogen-bond donors (Lipinski definition) is 0. The fourth-order valence-electron chi connectivity index (χ4n) is 5.67. The van der Waals surface area contributed by atoms with Crippen molar-refractivity contribution in [3.8, 4) is 0 Å². The lowest BCUT2D eigenvalue weighted by atomic mass is 9.75. The molecule has 1 aliphatic carbocycles. The number of hydrogen-bond acceptors (Lipinski definition) is 3. The zero-order valence-electron chi connectivity index (χ0n) is 24.4. The molecule has 15 heteroatoms. The fraction of sp³-hybridized carbons (Fsp3) is 0.786. The van der Waals surface area contributed by atoms with E-state index in [1.165, 1.54) is 13.8 Å². The Morgan fingerprint density at radius 1 is 0.744 bits per heavy atom. The molecule has 2 rings (SSSR count). The fourth-order valence-corrected chi connectivity index (χ4v) is 5.67. The van der Waals surface area contributed by atoms with Crippen LogP contribution in [0.3, 0.4) is 0 Å². The van der Waals surface area contributed by atoms with E-state index in [1.54, 1.807) is 13.8 Å². The van der Waals surface area contributed by atoms with Crippen LogP contribution in [0.5, 0.6) is 0 Å². The predicted octanol–water partition coefficient (Wildman–Crippen LogP) is 9.94. The molecule has 4 atom stereocenters. The van der Waals surface area contributed by atoms with Gasteiger partial charge in [-0.05, 0) is 54.6 Å². The molecule has 0 bridgehead atoms. The zero-order chi connectivity index (χ0) is 33.4. The van der Waals surface area contributed by atoms with Crippen molar-refractivity contribution in [3.05, 3.63) is 34.9 Å². The normalized spacial score (nSPS) is 22.3. The first-order chi connectivity index (χ1) is 19.4. The maximum atomic E-state index is 14.6. The number of ether oxygens (including phenoxy) is 3. The maximum absolute atomic E-state index is 14.6. The summed E-state index contributed by atoms with van der Waals surface area (Å²) in [7, 11) is 0.0119. The minimum Gasteiger partial charge on any atom is -0.357 e. The molecule has 1 fully saturated rings. The second-order valence-corrected chi connectivity index (χ2v) is 11.5. The summed E-state index contributed by atoms with van der Waals surface area (Å²) in [6.45, 7) is 6.47. The van der Waals surface area contributed by atoms with Crippen LogP contribution in [0.2, 0.25) is 0 Å². The Bertz CT molecular complexity index is 1030. The lowest BCUT2D eigenvalue weighted by molar-refractivity contribution is -0.404.